The van der Waals surface area contributed by atoms with Gasteiger partial charge >= 0.3 is 0 Å². The zero-order chi connectivity index (χ0) is 21.3. The molecule has 0 bridgehead atoms. The van der Waals surface area contributed by atoms with E-state index in [-0.39, 0.29) is 11.6 Å². The Hall–Kier alpha value is -3.45. The molecular formula is C22H20ClN5O2. The molecule has 1 amide bonds. The highest BCUT2D eigenvalue weighted by atomic mass is 35.5. The predicted molar refractivity (Wildman–Crippen MR) is 116 cm³/mol. The summed E-state index contributed by atoms with van der Waals surface area (Å²) < 4.78 is 6.96. The molecule has 0 saturated carbocycles. The second kappa shape index (κ2) is 8.12. The molecule has 0 spiro atoms. The van der Waals surface area contributed by atoms with Gasteiger partial charge in [-0.3, -0.25) is 4.79 Å². The van der Waals surface area contributed by atoms with Crippen molar-refractivity contribution in [2.24, 2.45) is 0 Å². The van der Waals surface area contributed by atoms with Crippen LogP contribution in [-0.4, -0.2) is 32.8 Å². The SMILES string of the molecule is CCc1nn2c(C)c(C(=O)Nc3ccccc3OC)nnc2c1-c1cccc(Cl)c1. The Labute approximate surface area is 178 Å². The van der Waals surface area contributed by atoms with Gasteiger partial charge in [-0.15, -0.1) is 10.2 Å². The van der Waals surface area contributed by atoms with Crippen LogP contribution in [0.15, 0.2) is 48.5 Å². The lowest BCUT2D eigenvalue weighted by molar-refractivity contribution is 0.101. The lowest BCUT2D eigenvalue weighted by atomic mass is 10.0. The number of ether oxygens (including phenoxy) is 1. The van der Waals surface area contributed by atoms with Gasteiger partial charge in [0.25, 0.3) is 5.91 Å². The smallest absolute Gasteiger partial charge is 0.278 e. The van der Waals surface area contributed by atoms with Gasteiger partial charge in [0.2, 0.25) is 0 Å². The average molecular weight is 422 g/mol. The van der Waals surface area contributed by atoms with E-state index >= 15 is 0 Å². The van der Waals surface area contributed by atoms with E-state index in [1.165, 1.54) is 0 Å². The van der Waals surface area contributed by atoms with Crippen molar-refractivity contribution >= 4 is 28.8 Å². The quantitative estimate of drug-likeness (QED) is 0.510. The minimum atomic E-state index is -0.385. The molecule has 2 aromatic carbocycles. The Morgan fingerprint density at radius 2 is 1.97 bits per heavy atom. The van der Waals surface area contributed by atoms with Crippen LogP contribution in [0.1, 0.15) is 28.8 Å². The number of hydrogen-bond donors (Lipinski definition) is 1. The first kappa shape index (κ1) is 19.8. The number of aryl methyl sites for hydroxylation is 2. The van der Waals surface area contributed by atoms with Crippen molar-refractivity contribution in [2.45, 2.75) is 20.3 Å². The number of carbonyl (C=O) groups excluding carboxylic acids is 1. The Kier molecular flexibility index (Phi) is 5.37. The highest BCUT2D eigenvalue weighted by molar-refractivity contribution is 6.30. The van der Waals surface area contributed by atoms with Crippen LogP contribution in [0.2, 0.25) is 5.02 Å². The van der Waals surface area contributed by atoms with Gasteiger partial charge < -0.3 is 10.1 Å². The van der Waals surface area contributed by atoms with Crippen LogP contribution in [0.5, 0.6) is 5.75 Å². The van der Waals surface area contributed by atoms with Gasteiger partial charge in [0.05, 0.1) is 29.7 Å². The van der Waals surface area contributed by atoms with Crippen molar-refractivity contribution in [3.63, 3.8) is 0 Å². The topological polar surface area (TPSA) is 81.4 Å². The number of carbonyl (C=O) groups is 1. The molecule has 0 atom stereocenters. The average Bonchev–Trinajstić information content (AvgIpc) is 3.14. The molecule has 0 aliphatic rings. The number of nitrogens with zero attached hydrogens (tertiary/aromatic N) is 4. The molecule has 8 heteroatoms. The van der Waals surface area contributed by atoms with Crippen molar-refractivity contribution in [2.75, 3.05) is 12.4 Å². The van der Waals surface area contributed by atoms with E-state index in [0.29, 0.717) is 34.2 Å². The summed E-state index contributed by atoms with van der Waals surface area (Å²) in [4.78, 5) is 12.9. The van der Waals surface area contributed by atoms with Crippen molar-refractivity contribution in [3.05, 3.63) is 70.6 Å². The molecule has 30 heavy (non-hydrogen) atoms. The van der Waals surface area contributed by atoms with E-state index in [9.17, 15) is 4.79 Å². The molecule has 2 heterocycles. The summed E-state index contributed by atoms with van der Waals surface area (Å²) in [6.07, 6.45) is 0.702. The summed E-state index contributed by atoms with van der Waals surface area (Å²) in [5.41, 5.74) is 4.56. The third kappa shape index (κ3) is 3.48. The minimum absolute atomic E-state index is 0.191. The summed E-state index contributed by atoms with van der Waals surface area (Å²) in [6.45, 7) is 3.82. The van der Waals surface area contributed by atoms with Gasteiger partial charge in [0.1, 0.15) is 5.75 Å². The fraction of sp³-hybridized carbons (Fsp3) is 0.182. The molecule has 0 aliphatic carbocycles. The number of anilines is 1. The number of methoxy groups -OCH3 is 1. The van der Waals surface area contributed by atoms with E-state index in [1.807, 2.05) is 43.3 Å². The summed E-state index contributed by atoms with van der Waals surface area (Å²) in [5.74, 6) is 0.178. The summed E-state index contributed by atoms with van der Waals surface area (Å²) in [6, 6.07) is 14.7. The van der Waals surface area contributed by atoms with Crippen molar-refractivity contribution in [1.29, 1.82) is 0 Å². The molecule has 0 saturated heterocycles. The van der Waals surface area contributed by atoms with E-state index < -0.39 is 0 Å². The van der Waals surface area contributed by atoms with Crippen molar-refractivity contribution in [1.82, 2.24) is 19.8 Å². The first-order chi connectivity index (χ1) is 14.5. The largest absolute Gasteiger partial charge is 0.495 e. The van der Waals surface area contributed by atoms with E-state index in [1.54, 1.807) is 30.7 Å². The molecule has 0 unspecified atom stereocenters. The van der Waals surface area contributed by atoms with Crippen LogP contribution in [0.25, 0.3) is 16.8 Å². The van der Waals surface area contributed by atoms with Gasteiger partial charge in [-0.1, -0.05) is 42.8 Å². The Bertz CT molecular complexity index is 1250. The highest BCUT2D eigenvalue weighted by Gasteiger charge is 2.22. The summed E-state index contributed by atoms with van der Waals surface area (Å²) in [7, 11) is 1.55. The van der Waals surface area contributed by atoms with E-state index in [0.717, 1.165) is 16.8 Å². The number of hydrogen-bond acceptors (Lipinski definition) is 5. The number of rotatable bonds is 5. The number of fused-ring (bicyclic) bond motifs is 1. The molecule has 7 nitrogen and oxygen atoms in total. The van der Waals surface area contributed by atoms with Crippen LogP contribution in [0.4, 0.5) is 5.69 Å². The first-order valence-corrected chi connectivity index (χ1v) is 9.86. The standard InChI is InChI=1S/C22H20ClN5O2/c1-4-16-19(14-8-7-9-15(23)12-14)21-26-25-20(13(2)28(21)27-16)22(29)24-17-10-5-6-11-18(17)30-3/h5-12H,4H2,1-3H3,(H,24,29). The van der Waals surface area contributed by atoms with Crippen LogP contribution >= 0.6 is 11.6 Å². The van der Waals surface area contributed by atoms with Gasteiger partial charge in [0, 0.05) is 5.02 Å². The molecule has 0 aliphatic heterocycles. The van der Waals surface area contributed by atoms with Gasteiger partial charge in [0.15, 0.2) is 11.3 Å². The number of aromatic nitrogens is 4. The van der Waals surface area contributed by atoms with Crippen LogP contribution in [0, 0.1) is 6.92 Å². The summed E-state index contributed by atoms with van der Waals surface area (Å²) in [5, 5.41) is 16.7. The van der Waals surface area contributed by atoms with Crippen LogP contribution < -0.4 is 10.1 Å². The normalized spacial score (nSPS) is 10.9. The molecule has 1 N–H and O–H groups in total. The second-order valence-electron chi connectivity index (χ2n) is 6.71. The van der Waals surface area contributed by atoms with E-state index in [4.69, 9.17) is 16.3 Å². The third-order valence-electron chi connectivity index (χ3n) is 4.86. The monoisotopic (exact) mass is 421 g/mol. The van der Waals surface area contributed by atoms with Crippen molar-refractivity contribution in [3.8, 4) is 16.9 Å². The van der Waals surface area contributed by atoms with Gasteiger partial charge in [-0.2, -0.15) is 5.10 Å². The Balaban J connectivity index is 1.79. The fourth-order valence-electron chi connectivity index (χ4n) is 3.38. The van der Waals surface area contributed by atoms with E-state index in [2.05, 4.69) is 20.6 Å². The van der Waals surface area contributed by atoms with Crippen LogP contribution in [-0.2, 0) is 6.42 Å². The minimum Gasteiger partial charge on any atom is -0.495 e. The second-order valence-corrected chi connectivity index (χ2v) is 7.15. The third-order valence-corrected chi connectivity index (χ3v) is 5.09. The van der Waals surface area contributed by atoms with Gasteiger partial charge in [-0.25, -0.2) is 4.52 Å². The summed E-state index contributed by atoms with van der Waals surface area (Å²) >= 11 is 6.18. The first-order valence-electron chi connectivity index (χ1n) is 9.48. The van der Waals surface area contributed by atoms with Gasteiger partial charge in [-0.05, 0) is 43.2 Å². The zero-order valence-corrected chi connectivity index (χ0v) is 17.6. The van der Waals surface area contributed by atoms with Crippen molar-refractivity contribution < 1.29 is 9.53 Å². The predicted octanol–water partition coefficient (Wildman–Crippen LogP) is 4.58. The Morgan fingerprint density at radius 1 is 1.17 bits per heavy atom. The van der Waals surface area contributed by atoms with Crippen LogP contribution in [0.3, 0.4) is 0 Å². The fourth-order valence-corrected chi connectivity index (χ4v) is 3.57. The maximum atomic E-state index is 12.9. The lowest BCUT2D eigenvalue weighted by Gasteiger charge is -2.10. The number of para-hydroxylation sites is 2. The zero-order valence-electron chi connectivity index (χ0n) is 16.8. The number of halogens is 1. The number of amides is 1. The molecule has 0 radical (unpaired) electrons. The molecule has 0 fully saturated rings. The molecule has 152 valence electrons. The molecule has 2 aromatic heterocycles. The Morgan fingerprint density at radius 3 is 2.70 bits per heavy atom. The number of benzene rings is 2. The number of nitrogens with one attached hydrogen (secondary N) is 1. The lowest BCUT2D eigenvalue weighted by Crippen LogP contribution is -2.19. The maximum Gasteiger partial charge on any atom is 0.278 e. The maximum absolute atomic E-state index is 12.9. The highest BCUT2D eigenvalue weighted by Crippen LogP contribution is 2.30. The molecule has 4 aromatic rings. The molecule has 4 rings (SSSR count). The molecular weight excluding hydrogens is 402 g/mol.